The molecule has 18 heteroatoms. The first-order valence-corrected chi connectivity index (χ1v) is 12.8. The number of halogens is 9. The van der Waals surface area contributed by atoms with E-state index in [1.807, 2.05) is 0 Å². The monoisotopic (exact) mass is 643 g/mol. The number of amides is 1. The van der Waals surface area contributed by atoms with Crippen LogP contribution in [0.2, 0.25) is 5.02 Å². The first-order chi connectivity index (χ1) is 20.8. The fourth-order valence-electron chi connectivity index (χ4n) is 5.30. The lowest BCUT2D eigenvalue weighted by atomic mass is 9.95. The molecule has 2 aromatic heterocycles. The van der Waals surface area contributed by atoms with Gasteiger partial charge in [0.05, 0.1) is 40.1 Å². The van der Waals surface area contributed by atoms with Crippen molar-refractivity contribution < 1.29 is 39.9 Å². The maximum Gasteiger partial charge on any atom is 0.418 e. The van der Waals surface area contributed by atoms with Crippen LogP contribution in [0, 0.1) is 11.6 Å². The summed E-state index contributed by atoms with van der Waals surface area (Å²) in [4.78, 5) is 26.4. The molecule has 0 radical (unpaired) electrons. The third kappa shape index (κ3) is 4.58. The van der Waals surface area contributed by atoms with Crippen molar-refractivity contribution in [3.63, 3.8) is 0 Å². The number of benzene rings is 3. The summed E-state index contributed by atoms with van der Waals surface area (Å²) in [6.45, 7) is -5.36. The Morgan fingerprint density at radius 2 is 1.80 bits per heavy atom. The Bertz CT molecular complexity index is 2060. The zero-order chi connectivity index (χ0) is 31.7. The molecule has 0 saturated heterocycles. The molecule has 0 bridgehead atoms. The molecule has 3 heterocycles. The van der Waals surface area contributed by atoms with Gasteiger partial charge in [0.15, 0.2) is 5.82 Å². The second-order valence-corrected chi connectivity index (χ2v) is 9.94. The Hall–Kier alpha value is -4.80. The van der Waals surface area contributed by atoms with Gasteiger partial charge in [-0.1, -0.05) is 11.6 Å². The van der Waals surface area contributed by atoms with Crippen molar-refractivity contribution in [3.05, 3.63) is 85.8 Å². The number of fused-ring (bicyclic) bond motifs is 4. The molecule has 9 nitrogen and oxygen atoms in total. The Morgan fingerprint density at radius 3 is 2.48 bits per heavy atom. The van der Waals surface area contributed by atoms with Crippen LogP contribution in [0.3, 0.4) is 0 Å². The number of anilines is 2. The van der Waals surface area contributed by atoms with Crippen LogP contribution in [-0.2, 0) is 12.7 Å². The molecule has 5 aromatic rings. The van der Waals surface area contributed by atoms with Gasteiger partial charge in [-0.15, -0.1) is 10.2 Å². The standard InChI is InChI=1S/C26H14ClF8N7O2/c27-14-2-1-9(29)5-11(14)20-17-15(36-22-12-6-10(30)7-13(26(33,34)35)19(12)38-40-39-22)8-16-21(18(17)23(43)37-20)42(24(31)32)25(44)41(16)4-3-28/h1-2,5-8,20,24H,3-4H2,(H,37,43)(H,36,38,39). The third-order valence-corrected chi connectivity index (χ3v) is 7.37. The van der Waals surface area contributed by atoms with Gasteiger partial charge in [-0.3, -0.25) is 9.36 Å². The van der Waals surface area contributed by atoms with Crippen LogP contribution in [0.4, 0.5) is 46.6 Å². The van der Waals surface area contributed by atoms with E-state index in [9.17, 15) is 44.7 Å². The minimum Gasteiger partial charge on any atom is -0.341 e. The second kappa shape index (κ2) is 10.4. The SMILES string of the molecule is O=C1NC(c2cc(F)ccc2Cl)c2c(Nc3nnnc4c(C(F)(F)F)cc(F)cc34)cc3c(c21)n(C(F)F)c(=O)n3CCF. The molecule has 1 amide bonds. The first-order valence-electron chi connectivity index (χ1n) is 12.4. The largest absolute Gasteiger partial charge is 0.418 e. The minimum atomic E-state index is -5.05. The molecule has 2 N–H and O–H groups in total. The topological polar surface area (TPSA) is 107 Å². The van der Waals surface area contributed by atoms with Crippen molar-refractivity contribution in [2.24, 2.45) is 0 Å². The molecule has 1 atom stereocenters. The number of alkyl halides is 6. The predicted molar refractivity (Wildman–Crippen MR) is 140 cm³/mol. The molecule has 1 unspecified atom stereocenters. The molecular weight excluding hydrogens is 630 g/mol. The van der Waals surface area contributed by atoms with Gasteiger partial charge in [0.1, 0.15) is 23.8 Å². The summed E-state index contributed by atoms with van der Waals surface area (Å²) < 4.78 is 112. The molecule has 3 aromatic carbocycles. The summed E-state index contributed by atoms with van der Waals surface area (Å²) in [6.07, 6.45) is -5.05. The molecule has 1 aliphatic heterocycles. The highest BCUT2D eigenvalue weighted by molar-refractivity contribution is 6.31. The van der Waals surface area contributed by atoms with Crippen molar-refractivity contribution in [2.75, 3.05) is 12.0 Å². The maximum absolute atomic E-state index is 14.4. The van der Waals surface area contributed by atoms with Crippen molar-refractivity contribution in [3.8, 4) is 0 Å². The third-order valence-electron chi connectivity index (χ3n) is 7.03. The summed E-state index contributed by atoms with van der Waals surface area (Å²) in [5.41, 5.74) is -5.59. The van der Waals surface area contributed by atoms with Gasteiger partial charge in [0, 0.05) is 21.8 Å². The van der Waals surface area contributed by atoms with Crippen molar-refractivity contribution in [2.45, 2.75) is 25.3 Å². The van der Waals surface area contributed by atoms with Crippen LogP contribution in [0.25, 0.3) is 21.9 Å². The number of hydrogen-bond donors (Lipinski definition) is 2. The summed E-state index contributed by atoms with van der Waals surface area (Å²) in [5, 5.41) is 15.0. The normalized spacial score (nSPS) is 15.0. The fraction of sp³-hybridized carbons (Fsp3) is 0.192. The summed E-state index contributed by atoms with van der Waals surface area (Å²) in [6, 6.07) is 3.73. The maximum atomic E-state index is 14.4. The molecular formula is C26H14ClF8N7O2. The number of aromatic nitrogens is 5. The van der Waals surface area contributed by atoms with Crippen LogP contribution in [-0.4, -0.2) is 37.1 Å². The van der Waals surface area contributed by atoms with E-state index in [-0.39, 0.29) is 38.0 Å². The fourth-order valence-corrected chi connectivity index (χ4v) is 5.53. The highest BCUT2D eigenvalue weighted by Crippen LogP contribution is 2.45. The van der Waals surface area contributed by atoms with Crippen molar-refractivity contribution in [1.82, 2.24) is 29.9 Å². The highest BCUT2D eigenvalue weighted by Gasteiger charge is 2.40. The van der Waals surface area contributed by atoms with E-state index in [1.54, 1.807) is 0 Å². The quantitative estimate of drug-likeness (QED) is 0.219. The van der Waals surface area contributed by atoms with E-state index in [1.165, 1.54) is 0 Å². The number of rotatable bonds is 6. The predicted octanol–water partition coefficient (Wildman–Crippen LogP) is 6.03. The van der Waals surface area contributed by atoms with Crippen LogP contribution in [0.1, 0.15) is 39.6 Å². The van der Waals surface area contributed by atoms with Gasteiger partial charge >= 0.3 is 18.4 Å². The summed E-state index contributed by atoms with van der Waals surface area (Å²) >= 11 is 6.29. The number of carbonyl (C=O) groups is 1. The van der Waals surface area contributed by atoms with Crippen molar-refractivity contribution in [1.29, 1.82) is 0 Å². The van der Waals surface area contributed by atoms with Gasteiger partial charge in [0.2, 0.25) is 0 Å². The van der Waals surface area contributed by atoms with E-state index in [0.29, 0.717) is 10.6 Å². The van der Waals surface area contributed by atoms with Crippen LogP contribution in [0.5, 0.6) is 0 Å². The average molecular weight is 644 g/mol. The number of nitrogens with one attached hydrogen (secondary N) is 2. The van der Waals surface area contributed by atoms with Crippen LogP contribution >= 0.6 is 11.6 Å². The van der Waals surface area contributed by atoms with Crippen LogP contribution < -0.4 is 16.3 Å². The smallest absolute Gasteiger partial charge is 0.341 e. The zero-order valence-electron chi connectivity index (χ0n) is 21.5. The lowest BCUT2D eigenvalue weighted by Crippen LogP contribution is -2.26. The lowest BCUT2D eigenvalue weighted by Gasteiger charge is -2.19. The van der Waals surface area contributed by atoms with E-state index in [2.05, 4.69) is 26.0 Å². The van der Waals surface area contributed by atoms with Gasteiger partial charge in [-0.2, -0.15) is 22.0 Å². The molecule has 0 saturated carbocycles. The van der Waals surface area contributed by atoms with Gasteiger partial charge in [-0.05, 0) is 41.6 Å². The summed E-state index contributed by atoms with van der Waals surface area (Å²) in [7, 11) is 0. The zero-order valence-corrected chi connectivity index (χ0v) is 22.2. The average Bonchev–Trinajstić information content (AvgIpc) is 3.43. The Kier molecular flexibility index (Phi) is 6.94. The molecule has 228 valence electrons. The minimum absolute atomic E-state index is 0.0185. The van der Waals surface area contributed by atoms with Gasteiger partial charge < -0.3 is 10.6 Å². The number of imidazole rings is 1. The highest BCUT2D eigenvalue weighted by atomic mass is 35.5. The van der Waals surface area contributed by atoms with Crippen LogP contribution in [0.15, 0.2) is 41.2 Å². The summed E-state index contributed by atoms with van der Waals surface area (Å²) in [5.74, 6) is -3.63. The lowest BCUT2D eigenvalue weighted by molar-refractivity contribution is -0.136. The number of aryl methyl sites for hydroxylation is 1. The Labute approximate surface area is 244 Å². The Morgan fingerprint density at radius 1 is 1.05 bits per heavy atom. The molecule has 0 spiro atoms. The van der Waals surface area contributed by atoms with Gasteiger partial charge in [-0.25, -0.2) is 22.5 Å². The molecule has 44 heavy (non-hydrogen) atoms. The molecule has 1 aliphatic rings. The molecule has 6 rings (SSSR count). The number of nitrogens with zero attached hydrogens (tertiary/aromatic N) is 5. The van der Waals surface area contributed by atoms with Gasteiger partial charge in [0.25, 0.3) is 5.91 Å². The first kappa shape index (κ1) is 29.3. The van der Waals surface area contributed by atoms with E-state index < -0.39 is 88.6 Å². The van der Waals surface area contributed by atoms with Crippen molar-refractivity contribution >= 4 is 50.9 Å². The van der Waals surface area contributed by atoms with E-state index in [0.717, 1.165) is 24.3 Å². The van der Waals surface area contributed by atoms with E-state index in [4.69, 9.17) is 11.6 Å². The number of hydrogen-bond acceptors (Lipinski definition) is 6. The molecule has 0 fully saturated rings. The molecule has 0 aliphatic carbocycles. The number of carbonyl (C=O) groups excluding carboxylic acids is 1. The van der Waals surface area contributed by atoms with E-state index >= 15 is 0 Å². The second-order valence-electron chi connectivity index (χ2n) is 9.53. The Balaban J connectivity index is 1.70.